The highest BCUT2D eigenvalue weighted by Gasteiger charge is 2.54. The standard InChI is InChI=1S/C16H18F3NO2/c1-22-13(21)15-7-4-14(5-8-15,6-9-15)12-3-2-11(10-20-12)16(17,18)19/h2-3,10H,4-9H2,1H3. The van der Waals surface area contributed by atoms with Gasteiger partial charge in [-0.3, -0.25) is 9.78 Å². The van der Waals surface area contributed by atoms with E-state index in [9.17, 15) is 18.0 Å². The van der Waals surface area contributed by atoms with Crippen LogP contribution in [0.3, 0.4) is 0 Å². The van der Waals surface area contributed by atoms with Crippen molar-refractivity contribution in [1.29, 1.82) is 0 Å². The van der Waals surface area contributed by atoms with Crippen molar-refractivity contribution in [3.8, 4) is 0 Å². The fourth-order valence-corrected chi connectivity index (χ4v) is 3.97. The number of esters is 1. The number of nitrogens with zero attached hydrogens (tertiary/aromatic N) is 1. The molecule has 6 heteroatoms. The topological polar surface area (TPSA) is 39.2 Å². The van der Waals surface area contributed by atoms with Gasteiger partial charge in [0.15, 0.2) is 0 Å². The van der Waals surface area contributed by atoms with E-state index in [2.05, 4.69) is 4.98 Å². The molecule has 1 aromatic rings. The second kappa shape index (κ2) is 4.96. The first-order valence-electron chi connectivity index (χ1n) is 7.44. The molecule has 1 aromatic heterocycles. The second-order valence-corrected chi connectivity index (χ2v) is 6.48. The summed E-state index contributed by atoms with van der Waals surface area (Å²) in [5, 5.41) is 0. The summed E-state index contributed by atoms with van der Waals surface area (Å²) in [7, 11) is 1.41. The van der Waals surface area contributed by atoms with E-state index in [4.69, 9.17) is 4.74 Å². The predicted molar refractivity (Wildman–Crippen MR) is 73.1 cm³/mol. The van der Waals surface area contributed by atoms with Gasteiger partial charge in [0.1, 0.15) is 0 Å². The Hall–Kier alpha value is -1.59. The van der Waals surface area contributed by atoms with Crippen LogP contribution in [0.1, 0.15) is 49.8 Å². The predicted octanol–water partition coefficient (Wildman–Crippen LogP) is 3.87. The van der Waals surface area contributed by atoms with Gasteiger partial charge in [0.2, 0.25) is 0 Å². The normalized spacial score (nSPS) is 31.1. The lowest BCUT2D eigenvalue weighted by Crippen LogP contribution is -2.48. The summed E-state index contributed by atoms with van der Waals surface area (Å²) in [6, 6.07) is 2.60. The maximum Gasteiger partial charge on any atom is 0.417 e. The Balaban J connectivity index is 1.82. The number of methoxy groups -OCH3 is 1. The first-order chi connectivity index (χ1) is 10.3. The van der Waals surface area contributed by atoms with Crippen LogP contribution in [-0.2, 0) is 21.1 Å². The number of pyridine rings is 1. The molecule has 0 N–H and O–H groups in total. The fraction of sp³-hybridized carbons (Fsp3) is 0.625. The Morgan fingerprint density at radius 3 is 2.14 bits per heavy atom. The Morgan fingerprint density at radius 1 is 1.14 bits per heavy atom. The molecule has 0 amide bonds. The minimum absolute atomic E-state index is 0.152. The van der Waals surface area contributed by atoms with Gasteiger partial charge in [-0.25, -0.2) is 0 Å². The molecule has 120 valence electrons. The quantitative estimate of drug-likeness (QED) is 0.778. The average Bonchev–Trinajstić information content (AvgIpc) is 2.55. The monoisotopic (exact) mass is 313 g/mol. The second-order valence-electron chi connectivity index (χ2n) is 6.48. The molecule has 22 heavy (non-hydrogen) atoms. The number of ether oxygens (including phenoxy) is 1. The number of alkyl halides is 3. The lowest BCUT2D eigenvalue weighted by molar-refractivity contribution is -0.160. The van der Waals surface area contributed by atoms with Gasteiger partial charge in [-0.2, -0.15) is 13.2 Å². The molecule has 0 atom stereocenters. The Bertz CT molecular complexity index is 556. The van der Waals surface area contributed by atoms with E-state index < -0.39 is 11.7 Å². The van der Waals surface area contributed by atoms with E-state index in [-0.39, 0.29) is 16.8 Å². The molecule has 1 heterocycles. The molecular weight excluding hydrogens is 295 g/mol. The third-order valence-electron chi connectivity index (χ3n) is 5.50. The van der Waals surface area contributed by atoms with Crippen LogP contribution < -0.4 is 0 Å². The highest BCUT2D eigenvalue weighted by Crippen LogP contribution is 2.57. The Kier molecular flexibility index (Phi) is 3.45. The number of carbonyl (C=O) groups excluding carboxylic acids is 1. The van der Waals surface area contributed by atoms with Crippen molar-refractivity contribution in [2.75, 3.05) is 7.11 Å². The maximum atomic E-state index is 12.6. The zero-order valence-corrected chi connectivity index (χ0v) is 12.4. The maximum absolute atomic E-state index is 12.6. The van der Waals surface area contributed by atoms with Crippen molar-refractivity contribution >= 4 is 5.97 Å². The molecule has 0 spiro atoms. The van der Waals surface area contributed by atoms with Crippen molar-refractivity contribution in [1.82, 2.24) is 4.98 Å². The third-order valence-corrected chi connectivity index (χ3v) is 5.50. The Morgan fingerprint density at radius 2 is 1.73 bits per heavy atom. The molecule has 3 aliphatic carbocycles. The number of rotatable bonds is 2. The number of aromatic nitrogens is 1. The lowest BCUT2D eigenvalue weighted by Gasteiger charge is -2.51. The van der Waals surface area contributed by atoms with Crippen molar-refractivity contribution in [3.63, 3.8) is 0 Å². The molecule has 2 bridgehead atoms. The molecule has 0 aromatic carbocycles. The van der Waals surface area contributed by atoms with Crippen LogP contribution in [0.25, 0.3) is 0 Å². The van der Waals surface area contributed by atoms with Gasteiger partial charge in [-0.15, -0.1) is 0 Å². The summed E-state index contributed by atoms with van der Waals surface area (Å²) in [4.78, 5) is 16.1. The summed E-state index contributed by atoms with van der Waals surface area (Å²) in [6.45, 7) is 0. The van der Waals surface area contributed by atoms with Crippen LogP contribution >= 0.6 is 0 Å². The van der Waals surface area contributed by atoms with E-state index in [1.54, 1.807) is 0 Å². The first kappa shape index (κ1) is 15.3. The highest BCUT2D eigenvalue weighted by molar-refractivity contribution is 5.77. The van der Waals surface area contributed by atoms with Crippen molar-refractivity contribution in [3.05, 3.63) is 29.6 Å². The molecule has 3 saturated carbocycles. The molecule has 0 radical (unpaired) electrons. The summed E-state index contributed by atoms with van der Waals surface area (Å²) in [6.07, 6.45) is 1.07. The van der Waals surface area contributed by atoms with Gasteiger partial charge in [0.25, 0.3) is 0 Å². The van der Waals surface area contributed by atoms with Crippen molar-refractivity contribution < 1.29 is 22.7 Å². The van der Waals surface area contributed by atoms with Gasteiger partial charge in [-0.05, 0) is 50.7 Å². The van der Waals surface area contributed by atoms with E-state index in [0.717, 1.165) is 56.5 Å². The number of halogens is 3. The minimum atomic E-state index is -4.36. The molecule has 0 unspecified atom stereocenters. The molecule has 0 saturated heterocycles. The zero-order valence-electron chi connectivity index (χ0n) is 12.4. The number of hydrogen-bond acceptors (Lipinski definition) is 3. The SMILES string of the molecule is COC(=O)C12CCC(c3ccc(C(F)(F)F)cn3)(CC1)CC2. The fourth-order valence-electron chi connectivity index (χ4n) is 3.97. The van der Waals surface area contributed by atoms with Crippen molar-refractivity contribution in [2.24, 2.45) is 5.41 Å². The van der Waals surface area contributed by atoms with E-state index in [1.165, 1.54) is 13.2 Å². The summed E-state index contributed by atoms with van der Waals surface area (Å²) >= 11 is 0. The van der Waals surface area contributed by atoms with Crippen LogP contribution in [-0.4, -0.2) is 18.1 Å². The van der Waals surface area contributed by atoms with Crippen LogP contribution in [0, 0.1) is 5.41 Å². The van der Waals surface area contributed by atoms with Gasteiger partial charge >= 0.3 is 12.1 Å². The average molecular weight is 313 g/mol. The molecule has 4 rings (SSSR count). The van der Waals surface area contributed by atoms with E-state index >= 15 is 0 Å². The molecule has 3 nitrogen and oxygen atoms in total. The highest BCUT2D eigenvalue weighted by atomic mass is 19.4. The van der Waals surface area contributed by atoms with Gasteiger partial charge in [0, 0.05) is 17.3 Å². The summed E-state index contributed by atoms with van der Waals surface area (Å²) in [5.74, 6) is -0.152. The molecule has 0 aliphatic heterocycles. The molecule has 3 fully saturated rings. The third kappa shape index (κ3) is 2.29. The van der Waals surface area contributed by atoms with Crippen LogP contribution in [0.2, 0.25) is 0 Å². The number of fused-ring (bicyclic) bond motifs is 3. The van der Waals surface area contributed by atoms with Crippen LogP contribution in [0.5, 0.6) is 0 Å². The van der Waals surface area contributed by atoms with Gasteiger partial charge in [0.05, 0.1) is 18.1 Å². The van der Waals surface area contributed by atoms with Crippen LogP contribution in [0.4, 0.5) is 13.2 Å². The molecular formula is C16H18F3NO2. The van der Waals surface area contributed by atoms with E-state index in [0.29, 0.717) is 0 Å². The summed E-state index contributed by atoms with van der Waals surface area (Å²) in [5.41, 5.74) is -0.565. The minimum Gasteiger partial charge on any atom is -0.469 e. The smallest absolute Gasteiger partial charge is 0.417 e. The number of carbonyl (C=O) groups is 1. The largest absolute Gasteiger partial charge is 0.469 e. The van der Waals surface area contributed by atoms with E-state index in [1.807, 2.05) is 0 Å². The number of hydrogen-bond donors (Lipinski definition) is 0. The Labute approximate surface area is 126 Å². The first-order valence-corrected chi connectivity index (χ1v) is 7.44. The van der Waals surface area contributed by atoms with Crippen LogP contribution in [0.15, 0.2) is 18.3 Å². The van der Waals surface area contributed by atoms with Gasteiger partial charge < -0.3 is 4.74 Å². The molecule has 3 aliphatic rings. The zero-order chi connectivity index (χ0) is 16.0. The lowest BCUT2D eigenvalue weighted by atomic mass is 9.52. The summed E-state index contributed by atoms with van der Waals surface area (Å²) < 4.78 is 42.8. The van der Waals surface area contributed by atoms with Crippen molar-refractivity contribution in [2.45, 2.75) is 50.1 Å². The van der Waals surface area contributed by atoms with Gasteiger partial charge in [-0.1, -0.05) is 0 Å².